The second kappa shape index (κ2) is 6.79. The second-order valence-electron chi connectivity index (χ2n) is 5.49. The van der Waals surface area contributed by atoms with Crippen molar-refractivity contribution in [3.05, 3.63) is 29.8 Å². The first-order valence-electron chi connectivity index (χ1n) is 7.23. The molecule has 1 N–H and O–H groups in total. The zero-order valence-corrected chi connectivity index (χ0v) is 11.6. The van der Waals surface area contributed by atoms with E-state index in [9.17, 15) is 0 Å². The average molecular weight is 247 g/mol. The molecule has 2 unspecified atom stereocenters. The molecule has 1 aromatic carbocycles. The molecule has 18 heavy (non-hydrogen) atoms. The van der Waals surface area contributed by atoms with Gasteiger partial charge < -0.3 is 10.1 Å². The summed E-state index contributed by atoms with van der Waals surface area (Å²) in [5.74, 6) is 1.89. The van der Waals surface area contributed by atoms with Crippen molar-refractivity contribution < 1.29 is 4.74 Å². The fourth-order valence-corrected chi connectivity index (χ4v) is 2.62. The molecule has 0 aliphatic heterocycles. The molecule has 2 rings (SSSR count). The van der Waals surface area contributed by atoms with E-state index in [1.165, 1.54) is 24.8 Å². The van der Waals surface area contributed by atoms with Crippen LogP contribution in [0.25, 0.3) is 0 Å². The molecular weight excluding hydrogens is 222 g/mol. The van der Waals surface area contributed by atoms with Crippen LogP contribution in [-0.4, -0.2) is 12.6 Å². The monoisotopic (exact) mass is 247 g/mol. The highest BCUT2D eigenvalue weighted by Crippen LogP contribution is 2.25. The molecule has 2 nitrogen and oxygen atoms in total. The molecule has 2 heteroatoms. The first kappa shape index (κ1) is 13.4. The van der Waals surface area contributed by atoms with Crippen LogP contribution in [0.1, 0.15) is 45.1 Å². The van der Waals surface area contributed by atoms with Crippen molar-refractivity contribution in [1.29, 1.82) is 0 Å². The highest BCUT2D eigenvalue weighted by molar-refractivity contribution is 5.28. The maximum atomic E-state index is 5.66. The number of ether oxygens (including phenoxy) is 1. The summed E-state index contributed by atoms with van der Waals surface area (Å²) in [7, 11) is 0. The Morgan fingerprint density at radius 3 is 2.94 bits per heavy atom. The normalized spacial score (nSPS) is 23.2. The van der Waals surface area contributed by atoms with Crippen molar-refractivity contribution in [3.8, 4) is 5.75 Å². The summed E-state index contributed by atoms with van der Waals surface area (Å²) in [5.41, 5.74) is 1.32. The molecule has 2 atom stereocenters. The van der Waals surface area contributed by atoms with E-state index in [0.29, 0.717) is 6.04 Å². The Morgan fingerprint density at radius 2 is 2.22 bits per heavy atom. The second-order valence-corrected chi connectivity index (χ2v) is 5.49. The Balaban J connectivity index is 1.81. The highest BCUT2D eigenvalue weighted by atomic mass is 16.5. The van der Waals surface area contributed by atoms with Crippen LogP contribution < -0.4 is 10.1 Å². The van der Waals surface area contributed by atoms with Gasteiger partial charge >= 0.3 is 0 Å². The third-order valence-electron chi connectivity index (χ3n) is 3.66. The third kappa shape index (κ3) is 4.02. The summed E-state index contributed by atoms with van der Waals surface area (Å²) in [6, 6.07) is 9.15. The lowest BCUT2D eigenvalue weighted by atomic mass is 10.1. The van der Waals surface area contributed by atoms with Crippen LogP contribution in [0.2, 0.25) is 0 Å². The Hall–Kier alpha value is -1.02. The number of hydrogen-bond donors (Lipinski definition) is 1. The molecule has 0 aromatic heterocycles. The Labute approximate surface area is 111 Å². The minimum absolute atomic E-state index is 0.709. The first-order valence-corrected chi connectivity index (χ1v) is 7.23. The smallest absolute Gasteiger partial charge is 0.119 e. The molecule has 0 heterocycles. The fraction of sp³-hybridized carbons (Fsp3) is 0.625. The van der Waals surface area contributed by atoms with Gasteiger partial charge in [0.1, 0.15) is 5.75 Å². The molecule has 0 bridgehead atoms. The van der Waals surface area contributed by atoms with Crippen LogP contribution in [0.15, 0.2) is 24.3 Å². The van der Waals surface area contributed by atoms with Gasteiger partial charge in [0.15, 0.2) is 0 Å². The van der Waals surface area contributed by atoms with E-state index in [2.05, 4.69) is 37.4 Å². The topological polar surface area (TPSA) is 21.3 Å². The summed E-state index contributed by atoms with van der Waals surface area (Å²) >= 11 is 0. The van der Waals surface area contributed by atoms with Crippen molar-refractivity contribution in [3.63, 3.8) is 0 Å². The lowest BCUT2D eigenvalue weighted by Crippen LogP contribution is -2.25. The molecule has 100 valence electrons. The van der Waals surface area contributed by atoms with Gasteiger partial charge in [-0.2, -0.15) is 0 Å². The molecule has 1 aliphatic carbocycles. The molecule has 1 fully saturated rings. The largest absolute Gasteiger partial charge is 0.494 e. The van der Waals surface area contributed by atoms with E-state index in [1.54, 1.807) is 0 Å². The molecular formula is C16H25NO. The third-order valence-corrected chi connectivity index (χ3v) is 3.66. The van der Waals surface area contributed by atoms with Crippen molar-refractivity contribution in [1.82, 2.24) is 5.32 Å². The maximum absolute atomic E-state index is 5.66. The van der Waals surface area contributed by atoms with E-state index in [1.807, 2.05) is 6.07 Å². The zero-order valence-electron chi connectivity index (χ0n) is 11.6. The lowest BCUT2D eigenvalue weighted by Gasteiger charge is -2.13. The zero-order chi connectivity index (χ0) is 12.8. The van der Waals surface area contributed by atoms with Crippen LogP contribution >= 0.6 is 0 Å². The van der Waals surface area contributed by atoms with E-state index >= 15 is 0 Å². The number of benzene rings is 1. The molecule has 0 amide bonds. The van der Waals surface area contributed by atoms with Crippen LogP contribution in [-0.2, 0) is 6.54 Å². The standard InChI is InChI=1S/C16H25NO/c1-3-9-18-16-6-4-5-14(11-16)12-17-15-8-7-13(2)10-15/h4-6,11,13,15,17H,3,7-10,12H2,1-2H3. The van der Waals surface area contributed by atoms with Gasteiger partial charge in [-0.05, 0) is 49.3 Å². The van der Waals surface area contributed by atoms with Gasteiger partial charge in [-0.1, -0.05) is 26.0 Å². The van der Waals surface area contributed by atoms with Gasteiger partial charge in [-0.25, -0.2) is 0 Å². The first-order chi connectivity index (χ1) is 8.78. The summed E-state index contributed by atoms with van der Waals surface area (Å²) in [6.07, 6.45) is 5.08. The summed E-state index contributed by atoms with van der Waals surface area (Å²) in [5, 5.41) is 3.66. The van der Waals surface area contributed by atoms with Gasteiger partial charge in [0.05, 0.1) is 6.61 Å². The summed E-state index contributed by atoms with van der Waals surface area (Å²) < 4.78 is 5.66. The molecule has 0 radical (unpaired) electrons. The molecule has 1 saturated carbocycles. The van der Waals surface area contributed by atoms with Crippen molar-refractivity contribution >= 4 is 0 Å². The number of hydrogen-bond acceptors (Lipinski definition) is 2. The molecule has 1 aliphatic rings. The molecule has 0 spiro atoms. The van der Waals surface area contributed by atoms with E-state index < -0.39 is 0 Å². The van der Waals surface area contributed by atoms with Crippen LogP contribution in [0, 0.1) is 5.92 Å². The highest BCUT2D eigenvalue weighted by Gasteiger charge is 2.20. The Kier molecular flexibility index (Phi) is 5.06. The Morgan fingerprint density at radius 1 is 1.33 bits per heavy atom. The number of rotatable bonds is 6. The van der Waals surface area contributed by atoms with E-state index in [4.69, 9.17) is 4.74 Å². The van der Waals surface area contributed by atoms with Gasteiger partial charge in [-0.15, -0.1) is 0 Å². The van der Waals surface area contributed by atoms with Crippen LogP contribution in [0.3, 0.4) is 0 Å². The minimum atomic E-state index is 0.709. The van der Waals surface area contributed by atoms with E-state index in [-0.39, 0.29) is 0 Å². The molecule has 1 aromatic rings. The quantitative estimate of drug-likeness (QED) is 0.826. The molecule has 0 saturated heterocycles. The van der Waals surface area contributed by atoms with Crippen molar-refractivity contribution in [2.24, 2.45) is 5.92 Å². The fourth-order valence-electron chi connectivity index (χ4n) is 2.62. The summed E-state index contributed by atoms with van der Waals surface area (Å²) in [6.45, 7) is 6.24. The lowest BCUT2D eigenvalue weighted by molar-refractivity contribution is 0.317. The predicted octanol–water partition coefficient (Wildman–Crippen LogP) is 3.75. The average Bonchev–Trinajstić information content (AvgIpc) is 2.80. The van der Waals surface area contributed by atoms with Crippen molar-refractivity contribution in [2.75, 3.05) is 6.61 Å². The van der Waals surface area contributed by atoms with Gasteiger partial charge in [-0.3, -0.25) is 0 Å². The predicted molar refractivity (Wildman–Crippen MR) is 75.9 cm³/mol. The maximum Gasteiger partial charge on any atom is 0.119 e. The van der Waals surface area contributed by atoms with Gasteiger partial charge in [0.2, 0.25) is 0 Å². The minimum Gasteiger partial charge on any atom is -0.494 e. The van der Waals surface area contributed by atoms with E-state index in [0.717, 1.165) is 31.2 Å². The SMILES string of the molecule is CCCOc1cccc(CNC2CCC(C)C2)c1. The van der Waals surface area contributed by atoms with Crippen molar-refractivity contribution in [2.45, 2.75) is 52.1 Å². The van der Waals surface area contributed by atoms with Crippen LogP contribution in [0.5, 0.6) is 5.75 Å². The van der Waals surface area contributed by atoms with Gasteiger partial charge in [0.25, 0.3) is 0 Å². The number of nitrogens with one attached hydrogen (secondary N) is 1. The van der Waals surface area contributed by atoms with Gasteiger partial charge in [0, 0.05) is 12.6 Å². The summed E-state index contributed by atoms with van der Waals surface area (Å²) in [4.78, 5) is 0. The van der Waals surface area contributed by atoms with Crippen LogP contribution in [0.4, 0.5) is 0 Å². The Bertz CT molecular complexity index is 364.